The first kappa shape index (κ1) is 76.4. The molecule has 1 rings (SSSR count). The smallest absolute Gasteiger partial charge is 0.220 e. The van der Waals surface area contributed by atoms with Crippen molar-refractivity contribution < 1.29 is 39.8 Å². The van der Waals surface area contributed by atoms with Crippen molar-refractivity contribution in [1.29, 1.82) is 0 Å². The summed E-state index contributed by atoms with van der Waals surface area (Å²) >= 11 is 0. The number of allylic oxidation sites excluding steroid dienone is 13. The van der Waals surface area contributed by atoms with Crippen LogP contribution in [-0.2, 0) is 14.3 Å². The molecule has 0 aromatic heterocycles. The molecule has 0 saturated carbocycles. The maximum Gasteiger partial charge on any atom is 0.220 e. The van der Waals surface area contributed by atoms with E-state index in [9.17, 15) is 30.3 Å². The molecule has 0 spiro atoms. The van der Waals surface area contributed by atoms with Gasteiger partial charge in [-0.1, -0.05) is 317 Å². The number of ether oxygens (including phenoxy) is 2. The Morgan fingerprint density at radius 3 is 1.14 bits per heavy atom. The summed E-state index contributed by atoms with van der Waals surface area (Å²) < 4.78 is 11.3. The van der Waals surface area contributed by atoms with Gasteiger partial charge in [-0.15, -0.1) is 0 Å². The van der Waals surface area contributed by atoms with Gasteiger partial charge in [0.25, 0.3) is 0 Å². The van der Waals surface area contributed by atoms with E-state index in [0.29, 0.717) is 6.42 Å². The van der Waals surface area contributed by atoms with Gasteiger partial charge in [-0.2, -0.15) is 0 Å². The van der Waals surface area contributed by atoms with E-state index in [1.54, 1.807) is 6.08 Å². The number of rotatable bonds is 59. The highest BCUT2D eigenvalue weighted by Crippen LogP contribution is 2.23. The van der Waals surface area contributed by atoms with Gasteiger partial charge >= 0.3 is 0 Å². The molecule has 9 heteroatoms. The highest BCUT2D eigenvalue weighted by Gasteiger charge is 2.44. The van der Waals surface area contributed by atoms with E-state index in [-0.39, 0.29) is 12.5 Å². The number of unbranched alkanes of at least 4 members (excludes halogenated alkanes) is 37. The largest absolute Gasteiger partial charge is 0.394 e. The zero-order valence-corrected chi connectivity index (χ0v) is 52.5. The Kier molecular flexibility index (Phi) is 57.0. The van der Waals surface area contributed by atoms with Crippen LogP contribution >= 0.6 is 0 Å². The van der Waals surface area contributed by atoms with Gasteiger partial charge in [-0.25, -0.2) is 0 Å². The molecule has 0 bridgehead atoms. The fourth-order valence-electron chi connectivity index (χ4n) is 10.6. The van der Waals surface area contributed by atoms with Crippen molar-refractivity contribution in [3.63, 3.8) is 0 Å². The summed E-state index contributed by atoms with van der Waals surface area (Å²) in [6, 6.07) is -0.817. The molecule has 81 heavy (non-hydrogen) atoms. The fraction of sp³-hybridized carbons (Fsp3) is 0.792. The third kappa shape index (κ3) is 49.4. The Labute approximate surface area is 499 Å². The van der Waals surface area contributed by atoms with Gasteiger partial charge in [-0.05, 0) is 70.6 Å². The second-order valence-corrected chi connectivity index (χ2v) is 23.6. The fourth-order valence-corrected chi connectivity index (χ4v) is 10.6. The van der Waals surface area contributed by atoms with Crippen molar-refractivity contribution in [3.8, 4) is 0 Å². The third-order valence-electron chi connectivity index (χ3n) is 16.0. The van der Waals surface area contributed by atoms with Crippen LogP contribution in [0.15, 0.2) is 85.1 Å². The molecule has 1 fully saturated rings. The predicted molar refractivity (Wildman–Crippen MR) is 345 cm³/mol. The molecule has 0 aliphatic carbocycles. The molecule has 1 aliphatic rings. The average Bonchev–Trinajstić information content (AvgIpc) is 3.48. The van der Waals surface area contributed by atoms with Crippen molar-refractivity contribution in [2.75, 3.05) is 13.2 Å². The summed E-state index contributed by atoms with van der Waals surface area (Å²) in [6.07, 6.45) is 79.6. The van der Waals surface area contributed by atoms with Crippen molar-refractivity contribution in [3.05, 3.63) is 85.1 Å². The molecule has 7 atom stereocenters. The number of amides is 1. The van der Waals surface area contributed by atoms with Gasteiger partial charge in [0.05, 0.1) is 25.4 Å². The molecule has 0 aromatic carbocycles. The lowest BCUT2D eigenvalue weighted by atomic mass is 9.99. The number of hydrogen-bond donors (Lipinski definition) is 6. The topological polar surface area (TPSA) is 149 Å². The molecule has 1 saturated heterocycles. The van der Waals surface area contributed by atoms with Crippen LogP contribution in [0, 0.1) is 0 Å². The predicted octanol–water partition coefficient (Wildman–Crippen LogP) is 18.5. The zero-order chi connectivity index (χ0) is 58.6. The molecule has 1 aliphatic heterocycles. The molecular formula is C72H129NO8. The van der Waals surface area contributed by atoms with E-state index in [4.69, 9.17) is 9.47 Å². The Hall–Kier alpha value is -2.63. The van der Waals surface area contributed by atoms with Crippen LogP contribution in [0.5, 0.6) is 0 Å². The zero-order valence-electron chi connectivity index (χ0n) is 52.5. The lowest BCUT2D eigenvalue weighted by Gasteiger charge is -2.40. The summed E-state index contributed by atoms with van der Waals surface area (Å²) in [5.41, 5.74) is 0. The van der Waals surface area contributed by atoms with Gasteiger partial charge in [0.1, 0.15) is 24.4 Å². The first-order valence-corrected chi connectivity index (χ1v) is 34.3. The minimum Gasteiger partial charge on any atom is -0.394 e. The molecule has 0 radical (unpaired) electrons. The highest BCUT2D eigenvalue weighted by atomic mass is 16.7. The number of aliphatic hydroxyl groups is 5. The number of carbonyl (C=O) groups excluding carboxylic acids is 1. The molecule has 6 N–H and O–H groups in total. The van der Waals surface area contributed by atoms with Crippen molar-refractivity contribution in [2.24, 2.45) is 0 Å². The van der Waals surface area contributed by atoms with Gasteiger partial charge < -0.3 is 40.3 Å². The molecule has 7 unspecified atom stereocenters. The summed E-state index contributed by atoms with van der Waals surface area (Å²) in [5, 5.41) is 54.8. The van der Waals surface area contributed by atoms with E-state index in [2.05, 4.69) is 92.1 Å². The van der Waals surface area contributed by atoms with Crippen LogP contribution in [0.3, 0.4) is 0 Å². The number of aliphatic hydroxyl groups excluding tert-OH is 5. The molecule has 1 amide bonds. The maximum absolute atomic E-state index is 13.1. The Morgan fingerprint density at radius 1 is 0.432 bits per heavy atom. The SMILES string of the molecule is CC/C=C\C/C=C\C/C=C\C/C=C\C/C=C\C/C=C\CCCCCCCCCCC(=O)NC(COC1OC(CO)C(O)C(O)C1O)C(O)/C=C/CCCCCCCCCCCCCCCCCCCCCCCCCCCCCCC. The Morgan fingerprint density at radius 2 is 0.765 bits per heavy atom. The lowest BCUT2D eigenvalue weighted by molar-refractivity contribution is -0.302. The minimum absolute atomic E-state index is 0.185. The third-order valence-corrected chi connectivity index (χ3v) is 16.0. The second kappa shape index (κ2) is 60.5. The van der Waals surface area contributed by atoms with Crippen LogP contribution in [0.4, 0.5) is 0 Å². The quantitative estimate of drug-likeness (QED) is 0.0261. The first-order chi connectivity index (χ1) is 39.8. The molecule has 0 aromatic rings. The van der Waals surface area contributed by atoms with E-state index in [1.807, 2.05) is 6.08 Å². The van der Waals surface area contributed by atoms with Gasteiger partial charge in [0.15, 0.2) is 6.29 Å². The van der Waals surface area contributed by atoms with E-state index in [0.717, 1.165) is 89.9 Å². The normalized spacial score (nSPS) is 18.9. The monoisotopic (exact) mass is 1140 g/mol. The first-order valence-electron chi connectivity index (χ1n) is 34.3. The van der Waals surface area contributed by atoms with Crippen LogP contribution in [0.2, 0.25) is 0 Å². The summed E-state index contributed by atoms with van der Waals surface area (Å²) in [7, 11) is 0. The number of carbonyl (C=O) groups is 1. The van der Waals surface area contributed by atoms with Crippen LogP contribution in [-0.4, -0.2) is 87.5 Å². The van der Waals surface area contributed by atoms with Crippen molar-refractivity contribution in [1.82, 2.24) is 5.32 Å². The number of nitrogens with one attached hydrogen (secondary N) is 1. The van der Waals surface area contributed by atoms with E-state index in [1.165, 1.54) is 199 Å². The summed E-state index contributed by atoms with van der Waals surface area (Å²) in [6.45, 7) is 3.69. The second-order valence-electron chi connectivity index (χ2n) is 23.6. The van der Waals surface area contributed by atoms with Crippen LogP contribution < -0.4 is 5.32 Å². The summed E-state index contributed by atoms with van der Waals surface area (Å²) in [4.78, 5) is 13.1. The van der Waals surface area contributed by atoms with Gasteiger partial charge in [0, 0.05) is 6.42 Å². The van der Waals surface area contributed by atoms with Crippen LogP contribution in [0.25, 0.3) is 0 Å². The molecular weight excluding hydrogens is 1010 g/mol. The van der Waals surface area contributed by atoms with Crippen LogP contribution in [0.1, 0.15) is 309 Å². The minimum atomic E-state index is -1.57. The van der Waals surface area contributed by atoms with Gasteiger partial charge in [0.2, 0.25) is 5.91 Å². The standard InChI is InChI=1S/C72H129NO8/c1-3-5-7-9-11-13-15-17-19-21-23-25-27-29-31-32-33-34-36-37-39-41-43-45-47-49-51-53-55-57-59-61-66(75)65(64-80-72-71(79)70(78)69(77)67(63-74)81-72)73-68(76)62-60-58-56-54-52-50-48-46-44-42-40-38-35-30-28-26-24-22-20-18-16-14-12-10-8-6-4-2/h6,8,12,14,18,20,24,26,30,35,40,42,59,61,65-67,69-72,74-75,77-79H,3-5,7,9-11,13,15-17,19,21-23,25,27-29,31-34,36-39,41,43-58,60,62-64H2,1-2H3,(H,73,76)/b8-6-,14-12-,20-18-,26-24-,35-30-,42-40-,61-59+. The molecule has 470 valence electrons. The van der Waals surface area contributed by atoms with E-state index < -0.39 is 49.5 Å². The van der Waals surface area contributed by atoms with Crippen molar-refractivity contribution >= 4 is 5.91 Å². The lowest BCUT2D eigenvalue weighted by Crippen LogP contribution is -2.60. The average molecular weight is 1140 g/mol. The number of hydrogen-bond acceptors (Lipinski definition) is 8. The summed E-state index contributed by atoms with van der Waals surface area (Å²) in [5.74, 6) is -0.185. The Bertz CT molecular complexity index is 1550. The van der Waals surface area contributed by atoms with Crippen molar-refractivity contribution in [2.45, 2.75) is 352 Å². The molecule has 9 nitrogen and oxygen atoms in total. The Balaban J connectivity index is 2.16. The van der Waals surface area contributed by atoms with Gasteiger partial charge in [-0.3, -0.25) is 4.79 Å². The highest BCUT2D eigenvalue weighted by molar-refractivity contribution is 5.76. The maximum atomic E-state index is 13.1. The van der Waals surface area contributed by atoms with E-state index >= 15 is 0 Å². The molecule has 1 heterocycles.